The van der Waals surface area contributed by atoms with Gasteiger partial charge in [0.15, 0.2) is 0 Å². The molecule has 0 saturated heterocycles. The van der Waals surface area contributed by atoms with Crippen molar-refractivity contribution >= 4 is 14.5 Å². The summed E-state index contributed by atoms with van der Waals surface area (Å²) in [6, 6.07) is 0. The van der Waals surface area contributed by atoms with Gasteiger partial charge in [0.05, 0.1) is 0 Å². The Kier molecular flexibility index (Phi) is 4.82. The van der Waals surface area contributed by atoms with Gasteiger partial charge in [0.1, 0.15) is 0 Å². The van der Waals surface area contributed by atoms with Gasteiger partial charge >= 0.3 is 61.6 Å². The number of hydrogen-bond donors (Lipinski definition) is 0. The van der Waals surface area contributed by atoms with E-state index in [9.17, 15) is 0 Å². The first kappa shape index (κ1) is 10.7. The topological polar surface area (TPSA) is 3.88 Å². The molecule has 58 valence electrons. The van der Waals surface area contributed by atoms with E-state index in [0.717, 1.165) is 6.54 Å². The molecular weight excluding hydrogens is 304 g/mol. The fraction of sp³-hybridized carbons (Fsp3) is 0.571. The third-order valence-electron chi connectivity index (χ3n) is 1.52. The van der Waals surface area contributed by atoms with E-state index >= 15 is 0 Å². The van der Waals surface area contributed by atoms with Crippen molar-refractivity contribution in [1.29, 1.82) is 0 Å². The predicted octanol–water partition coefficient (Wildman–Crippen LogP) is -2.33. The van der Waals surface area contributed by atoms with Crippen LogP contribution in [0.4, 0.5) is 0 Å². The Balaban J connectivity index is 0.000000810. The third kappa shape index (κ3) is 2.07. The van der Waals surface area contributed by atoms with Gasteiger partial charge in [-0.3, -0.25) is 0 Å². The minimum absolute atomic E-state index is 0. The molecular formula is C7H12INSe. The van der Waals surface area contributed by atoms with Crippen LogP contribution in [0.15, 0.2) is 4.94 Å². The van der Waals surface area contributed by atoms with E-state index in [4.69, 9.17) is 0 Å². The summed E-state index contributed by atoms with van der Waals surface area (Å²) in [5.41, 5.74) is 1.44. The second-order valence-electron chi connectivity index (χ2n) is 2.14. The molecule has 1 aromatic heterocycles. The van der Waals surface area contributed by atoms with Crippen LogP contribution in [0.25, 0.3) is 0 Å². The molecule has 0 N–H and O–H groups in total. The molecule has 1 rings (SSSR count). The van der Waals surface area contributed by atoms with Crippen molar-refractivity contribution in [2.75, 3.05) is 0 Å². The molecule has 3 heteroatoms. The first-order valence-corrected chi connectivity index (χ1v) is 5.04. The summed E-state index contributed by atoms with van der Waals surface area (Å²) in [4.78, 5) is 2.34. The van der Waals surface area contributed by atoms with Crippen molar-refractivity contribution in [2.24, 2.45) is 0 Å². The zero-order valence-electron chi connectivity index (χ0n) is 6.52. The summed E-state index contributed by atoms with van der Waals surface area (Å²) in [5, 5.41) is 0. The van der Waals surface area contributed by atoms with Crippen molar-refractivity contribution in [3.8, 4) is 0 Å². The maximum Gasteiger partial charge on any atom is -1.00 e. The molecule has 0 aliphatic rings. The number of nitrogens with zero attached hydrogens (tertiary/aromatic N) is 1. The van der Waals surface area contributed by atoms with Gasteiger partial charge < -0.3 is 24.0 Å². The van der Waals surface area contributed by atoms with Gasteiger partial charge in [-0.2, -0.15) is 0 Å². The molecule has 1 aromatic rings. The quantitative estimate of drug-likeness (QED) is 0.311. The van der Waals surface area contributed by atoms with E-state index in [1.54, 1.807) is 4.57 Å². The van der Waals surface area contributed by atoms with E-state index in [1.807, 2.05) is 0 Å². The van der Waals surface area contributed by atoms with Crippen molar-refractivity contribution in [1.82, 2.24) is 0 Å². The fourth-order valence-electron chi connectivity index (χ4n) is 1.02. The second-order valence-corrected chi connectivity index (χ2v) is 4.37. The Labute approximate surface area is 85.2 Å². The van der Waals surface area contributed by atoms with Gasteiger partial charge in [0.25, 0.3) is 0 Å². The molecule has 0 unspecified atom stereocenters. The molecule has 1 nitrogen and oxygen atoms in total. The first-order valence-electron chi connectivity index (χ1n) is 3.20. The molecule has 0 bridgehead atoms. The maximum absolute atomic E-state index is 2.38. The maximum atomic E-state index is 2.38. The third-order valence-corrected chi connectivity index (χ3v) is 3.66. The Morgan fingerprint density at radius 1 is 1.50 bits per heavy atom. The van der Waals surface area contributed by atoms with Crippen LogP contribution < -0.4 is 28.5 Å². The van der Waals surface area contributed by atoms with E-state index in [2.05, 4.69) is 30.3 Å². The molecule has 0 spiro atoms. The van der Waals surface area contributed by atoms with Crippen molar-refractivity contribution < 1.29 is 28.5 Å². The van der Waals surface area contributed by atoms with Crippen LogP contribution in [0, 0.1) is 13.8 Å². The van der Waals surface area contributed by atoms with Crippen molar-refractivity contribution in [3.05, 3.63) is 15.2 Å². The summed E-state index contributed by atoms with van der Waals surface area (Å²) < 4.78 is 3.92. The van der Waals surface area contributed by atoms with Crippen LogP contribution in [0.3, 0.4) is 0 Å². The second kappa shape index (κ2) is 4.52. The standard InChI is InChI=1S/C7H12NSe.HI/c1-4-8-6(2)5-9-7(8)3;/h5H,4H2,1-3H3;1H/q+1;/p-1. The monoisotopic (exact) mass is 317 g/mol. The normalized spacial score (nSPS) is 9.10. The number of aromatic nitrogens is 1. The average molecular weight is 316 g/mol. The van der Waals surface area contributed by atoms with E-state index in [-0.39, 0.29) is 24.0 Å². The fourth-order valence-corrected chi connectivity index (χ4v) is 2.84. The molecule has 0 atom stereocenters. The Hall–Kier alpha value is 0.659. The van der Waals surface area contributed by atoms with Gasteiger partial charge in [0, 0.05) is 0 Å². The summed E-state index contributed by atoms with van der Waals surface area (Å²) in [6.07, 6.45) is 0. The molecule has 0 saturated carbocycles. The summed E-state index contributed by atoms with van der Waals surface area (Å²) >= 11 is 0.653. The average Bonchev–Trinajstić information content (AvgIpc) is 2.12. The molecule has 0 aromatic carbocycles. The Bertz CT molecular complexity index is 188. The summed E-state index contributed by atoms with van der Waals surface area (Å²) in [5.74, 6) is 0. The Morgan fingerprint density at radius 3 is 2.30 bits per heavy atom. The SMILES string of the molecule is CC[n+]1c(C)c[se]c1C.[I-]. The minimum Gasteiger partial charge on any atom is -1.00 e. The van der Waals surface area contributed by atoms with Crippen LogP contribution in [0.1, 0.15) is 17.2 Å². The molecule has 1 heterocycles. The number of halogens is 1. The van der Waals surface area contributed by atoms with E-state index in [0.29, 0.717) is 14.5 Å². The van der Waals surface area contributed by atoms with Crippen LogP contribution in [0.2, 0.25) is 0 Å². The van der Waals surface area contributed by atoms with Gasteiger partial charge in [0.2, 0.25) is 0 Å². The molecule has 0 amide bonds. The zero-order valence-corrected chi connectivity index (χ0v) is 10.4. The van der Waals surface area contributed by atoms with Gasteiger partial charge in [-0.25, -0.2) is 0 Å². The van der Waals surface area contributed by atoms with Crippen LogP contribution in [-0.4, -0.2) is 14.5 Å². The van der Waals surface area contributed by atoms with Crippen molar-refractivity contribution in [2.45, 2.75) is 27.3 Å². The minimum atomic E-state index is 0. The molecule has 0 aliphatic carbocycles. The van der Waals surface area contributed by atoms with E-state index < -0.39 is 0 Å². The zero-order chi connectivity index (χ0) is 6.85. The van der Waals surface area contributed by atoms with Crippen LogP contribution in [0.5, 0.6) is 0 Å². The Morgan fingerprint density at radius 2 is 2.10 bits per heavy atom. The largest absolute Gasteiger partial charge is 1.00 e. The molecule has 0 fully saturated rings. The smallest absolute Gasteiger partial charge is 1.00 e. The predicted molar refractivity (Wildman–Crippen MR) is 38.7 cm³/mol. The number of hydrogen-bond acceptors (Lipinski definition) is 0. The number of aryl methyl sites for hydroxylation is 2. The first-order chi connectivity index (χ1) is 4.25. The van der Waals surface area contributed by atoms with Gasteiger partial charge in [-0.15, -0.1) is 0 Å². The molecule has 0 radical (unpaired) electrons. The molecule has 0 aliphatic heterocycles. The van der Waals surface area contributed by atoms with Crippen LogP contribution in [-0.2, 0) is 6.54 Å². The summed E-state index contributed by atoms with van der Waals surface area (Å²) in [7, 11) is 0. The van der Waals surface area contributed by atoms with Crippen molar-refractivity contribution in [3.63, 3.8) is 0 Å². The summed E-state index contributed by atoms with van der Waals surface area (Å²) in [6.45, 7) is 7.73. The molecule has 10 heavy (non-hydrogen) atoms. The van der Waals surface area contributed by atoms with Gasteiger partial charge in [-0.1, -0.05) is 0 Å². The van der Waals surface area contributed by atoms with E-state index in [1.165, 1.54) is 5.69 Å². The van der Waals surface area contributed by atoms with Crippen LogP contribution >= 0.6 is 0 Å². The van der Waals surface area contributed by atoms with Gasteiger partial charge in [-0.05, 0) is 0 Å². The number of rotatable bonds is 1.